The van der Waals surface area contributed by atoms with Crippen molar-refractivity contribution in [3.05, 3.63) is 23.9 Å². The second-order valence-electron chi connectivity index (χ2n) is 5.45. The van der Waals surface area contributed by atoms with Gasteiger partial charge < -0.3 is 14.4 Å². The number of hydrogen-bond donors (Lipinski definition) is 0. The number of hydrogen-bond acceptors (Lipinski definition) is 5. The van der Waals surface area contributed by atoms with Gasteiger partial charge in [0.15, 0.2) is 0 Å². The Morgan fingerprint density at radius 2 is 2.13 bits per heavy atom. The highest BCUT2D eigenvalue weighted by Gasteiger charge is 2.31. The van der Waals surface area contributed by atoms with E-state index in [1.54, 1.807) is 30.2 Å². The molecule has 0 N–H and O–H groups in total. The number of esters is 1. The molecule has 6 nitrogen and oxygen atoms in total. The van der Waals surface area contributed by atoms with Gasteiger partial charge in [-0.1, -0.05) is 0 Å². The molecule has 23 heavy (non-hydrogen) atoms. The van der Waals surface area contributed by atoms with Crippen molar-refractivity contribution < 1.29 is 19.1 Å². The molecule has 1 fully saturated rings. The first-order valence-electron chi connectivity index (χ1n) is 8.21. The SMILES string of the molecule is CCOC(=O)C[C@@H]1CCCCN1C(=O)c1cccnc1OCC. The third kappa shape index (κ3) is 4.43. The maximum atomic E-state index is 12.9. The number of ether oxygens (including phenoxy) is 2. The summed E-state index contributed by atoms with van der Waals surface area (Å²) in [5.74, 6) is -0.0376. The summed E-state index contributed by atoms with van der Waals surface area (Å²) >= 11 is 0. The lowest BCUT2D eigenvalue weighted by atomic mass is 9.98. The van der Waals surface area contributed by atoms with Gasteiger partial charge in [0.05, 0.1) is 19.6 Å². The second-order valence-corrected chi connectivity index (χ2v) is 5.45. The van der Waals surface area contributed by atoms with E-state index in [0.29, 0.717) is 31.2 Å². The molecule has 1 saturated heterocycles. The summed E-state index contributed by atoms with van der Waals surface area (Å²) < 4.78 is 10.5. The molecular formula is C17H24N2O4. The third-order valence-electron chi connectivity index (χ3n) is 3.88. The van der Waals surface area contributed by atoms with E-state index >= 15 is 0 Å². The largest absolute Gasteiger partial charge is 0.477 e. The van der Waals surface area contributed by atoms with E-state index in [1.165, 1.54) is 0 Å². The minimum absolute atomic E-state index is 0.120. The lowest BCUT2D eigenvalue weighted by Crippen LogP contribution is -2.45. The number of nitrogens with zero attached hydrogens (tertiary/aromatic N) is 2. The summed E-state index contributed by atoms with van der Waals surface area (Å²) in [6.45, 7) is 5.09. The molecule has 1 aromatic rings. The average Bonchev–Trinajstić information content (AvgIpc) is 2.56. The van der Waals surface area contributed by atoms with Gasteiger partial charge in [-0.2, -0.15) is 0 Å². The van der Waals surface area contributed by atoms with Gasteiger partial charge in [0.1, 0.15) is 5.56 Å². The quantitative estimate of drug-likeness (QED) is 0.753. The molecule has 0 saturated carbocycles. The number of piperidine rings is 1. The Kier molecular flexibility index (Phi) is 6.38. The first-order valence-corrected chi connectivity index (χ1v) is 8.21. The van der Waals surface area contributed by atoms with Crippen LogP contribution in [-0.2, 0) is 9.53 Å². The Morgan fingerprint density at radius 3 is 2.87 bits per heavy atom. The minimum atomic E-state index is -0.256. The zero-order valence-corrected chi connectivity index (χ0v) is 13.8. The predicted octanol–water partition coefficient (Wildman–Crippen LogP) is 2.43. The van der Waals surface area contributed by atoms with Crippen LogP contribution in [0.1, 0.15) is 49.9 Å². The van der Waals surface area contributed by atoms with Gasteiger partial charge in [-0.25, -0.2) is 4.98 Å². The van der Waals surface area contributed by atoms with E-state index in [1.807, 2.05) is 6.92 Å². The van der Waals surface area contributed by atoms with E-state index < -0.39 is 0 Å². The number of pyridine rings is 1. The molecule has 0 aromatic carbocycles. The maximum absolute atomic E-state index is 12.9. The topological polar surface area (TPSA) is 68.7 Å². The van der Waals surface area contributed by atoms with Crippen molar-refractivity contribution in [1.82, 2.24) is 9.88 Å². The fourth-order valence-electron chi connectivity index (χ4n) is 2.85. The second kappa shape index (κ2) is 8.50. The van der Waals surface area contributed by atoms with Crippen molar-refractivity contribution in [1.29, 1.82) is 0 Å². The summed E-state index contributed by atoms with van der Waals surface area (Å²) in [5.41, 5.74) is 0.449. The van der Waals surface area contributed by atoms with Gasteiger partial charge in [-0.15, -0.1) is 0 Å². The van der Waals surface area contributed by atoms with Crippen LogP contribution in [0.5, 0.6) is 5.88 Å². The van der Waals surface area contributed by atoms with Gasteiger partial charge in [0.2, 0.25) is 5.88 Å². The molecular weight excluding hydrogens is 296 g/mol. The number of rotatable bonds is 6. The number of carbonyl (C=O) groups is 2. The lowest BCUT2D eigenvalue weighted by molar-refractivity contribution is -0.144. The number of carbonyl (C=O) groups excluding carboxylic acids is 2. The molecule has 0 unspecified atom stereocenters. The Hall–Kier alpha value is -2.11. The van der Waals surface area contributed by atoms with Crippen LogP contribution in [0.4, 0.5) is 0 Å². The average molecular weight is 320 g/mol. The smallest absolute Gasteiger partial charge is 0.307 e. The summed E-state index contributed by atoms with van der Waals surface area (Å²) in [6.07, 6.45) is 4.61. The van der Waals surface area contributed by atoms with Crippen LogP contribution in [-0.4, -0.2) is 47.6 Å². The van der Waals surface area contributed by atoms with Crippen LogP contribution in [0, 0.1) is 0 Å². The third-order valence-corrected chi connectivity index (χ3v) is 3.88. The first kappa shape index (κ1) is 17.2. The lowest BCUT2D eigenvalue weighted by Gasteiger charge is -2.35. The maximum Gasteiger partial charge on any atom is 0.307 e. The number of aromatic nitrogens is 1. The van der Waals surface area contributed by atoms with Crippen molar-refractivity contribution >= 4 is 11.9 Å². The molecule has 126 valence electrons. The molecule has 1 amide bonds. The van der Waals surface area contributed by atoms with Gasteiger partial charge in [0, 0.05) is 18.8 Å². The Labute approximate surface area is 136 Å². The van der Waals surface area contributed by atoms with Crippen LogP contribution in [0.25, 0.3) is 0 Å². The Balaban J connectivity index is 2.16. The Bertz CT molecular complexity index is 547. The molecule has 1 atom stereocenters. The van der Waals surface area contributed by atoms with Gasteiger partial charge in [-0.3, -0.25) is 9.59 Å². The monoisotopic (exact) mass is 320 g/mol. The van der Waals surface area contributed by atoms with Crippen molar-refractivity contribution in [2.24, 2.45) is 0 Å². The van der Waals surface area contributed by atoms with Gasteiger partial charge in [-0.05, 0) is 45.2 Å². The van der Waals surface area contributed by atoms with Crippen LogP contribution in [0.3, 0.4) is 0 Å². The predicted molar refractivity (Wildman–Crippen MR) is 85.3 cm³/mol. The highest BCUT2D eigenvalue weighted by Crippen LogP contribution is 2.25. The van der Waals surface area contributed by atoms with E-state index in [2.05, 4.69) is 4.98 Å². The van der Waals surface area contributed by atoms with E-state index in [9.17, 15) is 9.59 Å². The van der Waals surface area contributed by atoms with Crippen molar-refractivity contribution in [3.8, 4) is 5.88 Å². The van der Waals surface area contributed by atoms with Crippen molar-refractivity contribution in [2.75, 3.05) is 19.8 Å². The molecule has 0 bridgehead atoms. The molecule has 1 aliphatic heterocycles. The molecule has 2 heterocycles. The number of likely N-dealkylation sites (tertiary alicyclic amines) is 1. The van der Waals surface area contributed by atoms with Crippen LogP contribution >= 0.6 is 0 Å². The van der Waals surface area contributed by atoms with Crippen LogP contribution in [0.2, 0.25) is 0 Å². The molecule has 1 aromatic heterocycles. The summed E-state index contributed by atoms with van der Waals surface area (Å²) in [5, 5.41) is 0. The zero-order valence-electron chi connectivity index (χ0n) is 13.8. The minimum Gasteiger partial charge on any atom is -0.477 e. The first-order chi connectivity index (χ1) is 11.2. The zero-order chi connectivity index (χ0) is 16.7. The van der Waals surface area contributed by atoms with E-state index in [-0.39, 0.29) is 24.3 Å². The molecule has 0 spiro atoms. The molecule has 0 aliphatic carbocycles. The van der Waals surface area contributed by atoms with Gasteiger partial charge in [0.25, 0.3) is 5.91 Å². The van der Waals surface area contributed by atoms with E-state index in [0.717, 1.165) is 19.3 Å². The number of amides is 1. The molecule has 1 aliphatic rings. The normalized spacial score (nSPS) is 17.7. The fraction of sp³-hybridized carbons (Fsp3) is 0.588. The summed E-state index contributed by atoms with van der Waals surface area (Å²) in [4.78, 5) is 30.6. The van der Waals surface area contributed by atoms with Crippen molar-refractivity contribution in [2.45, 2.75) is 45.6 Å². The highest BCUT2D eigenvalue weighted by atomic mass is 16.5. The van der Waals surface area contributed by atoms with Crippen LogP contribution in [0.15, 0.2) is 18.3 Å². The summed E-state index contributed by atoms with van der Waals surface area (Å²) in [6, 6.07) is 3.32. The summed E-state index contributed by atoms with van der Waals surface area (Å²) in [7, 11) is 0. The standard InChI is InChI=1S/C17H24N2O4/c1-3-22-15(20)12-13-8-5-6-11-19(13)17(21)14-9-7-10-18-16(14)23-4-2/h7,9-10,13H,3-6,8,11-12H2,1-2H3/t13-/m0/s1. The highest BCUT2D eigenvalue weighted by molar-refractivity contribution is 5.96. The Morgan fingerprint density at radius 1 is 1.30 bits per heavy atom. The van der Waals surface area contributed by atoms with Crippen LogP contribution < -0.4 is 4.74 Å². The fourth-order valence-corrected chi connectivity index (χ4v) is 2.85. The van der Waals surface area contributed by atoms with Gasteiger partial charge >= 0.3 is 5.97 Å². The van der Waals surface area contributed by atoms with Crippen molar-refractivity contribution in [3.63, 3.8) is 0 Å². The van der Waals surface area contributed by atoms with E-state index in [4.69, 9.17) is 9.47 Å². The molecule has 2 rings (SSSR count). The molecule has 0 radical (unpaired) electrons. The molecule has 6 heteroatoms.